The van der Waals surface area contributed by atoms with Crippen LogP contribution in [0.4, 0.5) is 0 Å². The van der Waals surface area contributed by atoms with Gasteiger partial charge in [0.1, 0.15) is 13.2 Å². The number of allylic oxidation sites excluding steroid dienone is 16. The predicted octanol–water partition coefficient (Wildman–Crippen LogP) is 17.4. The zero-order valence-electron chi connectivity index (χ0n) is 41.5. The molecule has 0 aliphatic heterocycles. The van der Waals surface area contributed by atoms with Gasteiger partial charge in [-0.1, -0.05) is 189 Å². The largest absolute Gasteiger partial charge is 0.462 e. The Morgan fingerprint density at radius 2 is 0.578 bits per heavy atom. The zero-order valence-corrected chi connectivity index (χ0v) is 41.5. The smallest absolute Gasteiger partial charge is 0.306 e. The van der Waals surface area contributed by atoms with Gasteiger partial charge in [-0.15, -0.1) is 0 Å². The third-order valence-corrected chi connectivity index (χ3v) is 10.8. The van der Waals surface area contributed by atoms with Crippen LogP contribution >= 0.6 is 0 Å². The summed E-state index contributed by atoms with van der Waals surface area (Å²) in [5.41, 5.74) is 0. The maximum atomic E-state index is 12.8. The molecule has 0 fully saturated rings. The molecule has 0 bridgehead atoms. The molecule has 0 radical (unpaired) electrons. The van der Waals surface area contributed by atoms with Crippen molar-refractivity contribution < 1.29 is 28.6 Å². The lowest BCUT2D eigenvalue weighted by molar-refractivity contribution is -0.167. The molecule has 6 heteroatoms. The Morgan fingerprint density at radius 3 is 0.953 bits per heavy atom. The van der Waals surface area contributed by atoms with Crippen molar-refractivity contribution in [2.24, 2.45) is 0 Å². The molecule has 0 amide bonds. The molecule has 364 valence electrons. The molecule has 0 heterocycles. The van der Waals surface area contributed by atoms with Gasteiger partial charge in [-0.05, 0) is 122 Å². The summed E-state index contributed by atoms with van der Waals surface area (Å²) in [6.45, 7) is 6.47. The third kappa shape index (κ3) is 49.3. The normalized spacial score (nSPS) is 12.9. The summed E-state index contributed by atoms with van der Waals surface area (Å²) in [6.07, 6.45) is 68.2. The van der Waals surface area contributed by atoms with E-state index in [1.807, 2.05) is 0 Å². The summed E-state index contributed by atoms with van der Waals surface area (Å²) in [7, 11) is 0. The molecular formula is C58H96O6. The second kappa shape index (κ2) is 52.0. The molecule has 0 rings (SSSR count). The van der Waals surface area contributed by atoms with Crippen LogP contribution in [0.3, 0.4) is 0 Å². The van der Waals surface area contributed by atoms with Crippen molar-refractivity contribution in [2.45, 2.75) is 239 Å². The number of esters is 3. The molecule has 0 aromatic rings. The Morgan fingerprint density at radius 1 is 0.312 bits per heavy atom. The Kier molecular flexibility index (Phi) is 49.0. The average Bonchev–Trinajstić information content (AvgIpc) is 3.29. The number of unbranched alkanes of at least 4 members (excludes halogenated alkanes) is 19. The Balaban J connectivity index is 4.53. The van der Waals surface area contributed by atoms with E-state index in [0.29, 0.717) is 12.8 Å². The van der Waals surface area contributed by atoms with Crippen LogP contribution in [0.25, 0.3) is 0 Å². The van der Waals surface area contributed by atoms with E-state index < -0.39 is 6.10 Å². The summed E-state index contributed by atoms with van der Waals surface area (Å²) in [6, 6.07) is 0. The van der Waals surface area contributed by atoms with E-state index in [-0.39, 0.29) is 44.0 Å². The highest BCUT2D eigenvalue weighted by Crippen LogP contribution is 2.12. The van der Waals surface area contributed by atoms with Crippen LogP contribution in [-0.4, -0.2) is 37.2 Å². The molecule has 0 unspecified atom stereocenters. The minimum atomic E-state index is -0.815. The van der Waals surface area contributed by atoms with E-state index in [1.54, 1.807) is 0 Å². The highest BCUT2D eigenvalue weighted by molar-refractivity contribution is 5.71. The summed E-state index contributed by atoms with van der Waals surface area (Å²) < 4.78 is 16.7. The summed E-state index contributed by atoms with van der Waals surface area (Å²) >= 11 is 0. The van der Waals surface area contributed by atoms with Gasteiger partial charge in [-0.3, -0.25) is 14.4 Å². The lowest BCUT2D eigenvalue weighted by atomic mass is 10.1. The summed E-state index contributed by atoms with van der Waals surface area (Å²) in [5, 5.41) is 0. The van der Waals surface area contributed by atoms with Crippen LogP contribution in [-0.2, 0) is 28.6 Å². The van der Waals surface area contributed by atoms with Crippen LogP contribution in [0.2, 0.25) is 0 Å². The maximum Gasteiger partial charge on any atom is 0.306 e. The van der Waals surface area contributed by atoms with Gasteiger partial charge in [-0.25, -0.2) is 0 Å². The van der Waals surface area contributed by atoms with Crippen molar-refractivity contribution in [2.75, 3.05) is 13.2 Å². The number of carbonyl (C=O) groups excluding carboxylic acids is 3. The Hall–Kier alpha value is -3.67. The van der Waals surface area contributed by atoms with Crippen molar-refractivity contribution in [1.82, 2.24) is 0 Å². The zero-order chi connectivity index (χ0) is 46.5. The standard InChI is InChI=1S/C58H96O6/c1-4-7-10-13-16-19-22-25-27-29-31-33-36-39-42-45-48-51-57(60)63-54-55(53-62-56(59)50-47-44-41-38-35-24-21-18-15-12-9-6-3)64-58(61)52-49-46-43-40-37-34-32-30-28-26-23-20-17-14-11-8-5-2/h16-21,25-28,31-34,39,42,55H,4-15,22-24,29-30,35-38,40-41,43-54H2,1-3H3/b19-16-,20-17-,21-18-,27-25-,28-26-,33-31-,34-32-,42-39-/t55-/m1/s1. The molecule has 0 aliphatic rings. The van der Waals surface area contributed by atoms with Gasteiger partial charge in [0.25, 0.3) is 0 Å². The molecule has 0 aliphatic carbocycles. The van der Waals surface area contributed by atoms with Gasteiger partial charge in [0, 0.05) is 19.3 Å². The summed E-state index contributed by atoms with van der Waals surface area (Å²) in [5.74, 6) is -1.00. The molecule has 0 aromatic heterocycles. The molecule has 0 saturated heterocycles. The highest BCUT2D eigenvalue weighted by Gasteiger charge is 2.19. The SMILES string of the molecule is CCCCC/C=C\C/C=C\C/C=C\C/C=C\CCCC(=O)OC[C@@H](COC(=O)CCCCCCC/C=C\CCCCC)OC(=O)CCCCCC/C=C\C/C=C\C/C=C\CCCCC. The molecule has 0 N–H and O–H groups in total. The lowest BCUT2D eigenvalue weighted by Crippen LogP contribution is -2.30. The molecule has 6 nitrogen and oxygen atoms in total. The predicted molar refractivity (Wildman–Crippen MR) is 274 cm³/mol. The number of carbonyl (C=O) groups is 3. The van der Waals surface area contributed by atoms with Crippen LogP contribution in [0.15, 0.2) is 97.2 Å². The van der Waals surface area contributed by atoms with Crippen molar-refractivity contribution in [3.63, 3.8) is 0 Å². The molecule has 0 spiro atoms. The lowest BCUT2D eigenvalue weighted by Gasteiger charge is -2.18. The fraction of sp³-hybridized carbons (Fsp3) is 0.672. The van der Waals surface area contributed by atoms with Crippen LogP contribution in [0.5, 0.6) is 0 Å². The van der Waals surface area contributed by atoms with Gasteiger partial charge < -0.3 is 14.2 Å². The van der Waals surface area contributed by atoms with E-state index in [4.69, 9.17) is 14.2 Å². The van der Waals surface area contributed by atoms with Crippen molar-refractivity contribution >= 4 is 17.9 Å². The van der Waals surface area contributed by atoms with E-state index in [1.165, 1.54) is 83.5 Å². The Bertz CT molecular complexity index is 1300. The third-order valence-electron chi connectivity index (χ3n) is 10.8. The highest BCUT2D eigenvalue weighted by atomic mass is 16.6. The fourth-order valence-corrected chi connectivity index (χ4v) is 6.79. The van der Waals surface area contributed by atoms with Gasteiger partial charge >= 0.3 is 17.9 Å². The maximum absolute atomic E-state index is 12.8. The van der Waals surface area contributed by atoms with Crippen molar-refractivity contribution in [1.29, 1.82) is 0 Å². The molecule has 0 saturated carbocycles. The van der Waals surface area contributed by atoms with Crippen LogP contribution < -0.4 is 0 Å². The van der Waals surface area contributed by atoms with Crippen LogP contribution in [0, 0.1) is 0 Å². The molecule has 64 heavy (non-hydrogen) atoms. The van der Waals surface area contributed by atoms with Crippen molar-refractivity contribution in [3.8, 4) is 0 Å². The van der Waals surface area contributed by atoms with Crippen molar-refractivity contribution in [3.05, 3.63) is 97.2 Å². The molecule has 0 aromatic carbocycles. The number of hydrogen-bond donors (Lipinski definition) is 0. The first kappa shape index (κ1) is 60.3. The topological polar surface area (TPSA) is 78.9 Å². The van der Waals surface area contributed by atoms with Gasteiger partial charge in [0.2, 0.25) is 0 Å². The minimum Gasteiger partial charge on any atom is -0.462 e. The number of hydrogen-bond acceptors (Lipinski definition) is 6. The first-order valence-electron chi connectivity index (χ1n) is 26.2. The van der Waals surface area contributed by atoms with Gasteiger partial charge in [0.05, 0.1) is 0 Å². The van der Waals surface area contributed by atoms with E-state index >= 15 is 0 Å². The fourth-order valence-electron chi connectivity index (χ4n) is 6.79. The van der Waals surface area contributed by atoms with Gasteiger partial charge in [0.15, 0.2) is 6.10 Å². The number of rotatable bonds is 46. The van der Waals surface area contributed by atoms with E-state index in [9.17, 15) is 14.4 Å². The first-order chi connectivity index (χ1) is 31.5. The van der Waals surface area contributed by atoms with Crippen LogP contribution in [0.1, 0.15) is 233 Å². The minimum absolute atomic E-state index is 0.109. The quantitative estimate of drug-likeness (QED) is 0.0262. The second-order valence-corrected chi connectivity index (χ2v) is 17.1. The molecular weight excluding hydrogens is 793 g/mol. The second-order valence-electron chi connectivity index (χ2n) is 17.1. The first-order valence-corrected chi connectivity index (χ1v) is 26.2. The summed E-state index contributed by atoms with van der Waals surface area (Å²) in [4.78, 5) is 38.0. The number of ether oxygens (including phenoxy) is 3. The molecule has 1 atom stereocenters. The monoisotopic (exact) mass is 889 g/mol. The van der Waals surface area contributed by atoms with E-state index in [0.717, 1.165) is 103 Å². The Labute approximate surface area is 394 Å². The van der Waals surface area contributed by atoms with Gasteiger partial charge in [-0.2, -0.15) is 0 Å². The average molecular weight is 889 g/mol. The van der Waals surface area contributed by atoms with E-state index in [2.05, 4.69) is 118 Å².